The summed E-state index contributed by atoms with van der Waals surface area (Å²) in [4.78, 5) is 11.9. The highest BCUT2D eigenvalue weighted by Crippen LogP contribution is 2.13. The van der Waals surface area contributed by atoms with E-state index in [1.54, 1.807) is 10.9 Å². The Morgan fingerprint density at radius 2 is 2.18 bits per heavy atom. The van der Waals surface area contributed by atoms with Crippen molar-refractivity contribution in [3.63, 3.8) is 0 Å². The van der Waals surface area contributed by atoms with Crippen LogP contribution in [0.4, 0.5) is 0 Å². The van der Waals surface area contributed by atoms with Crippen LogP contribution in [0.5, 0.6) is 0 Å². The summed E-state index contributed by atoms with van der Waals surface area (Å²) in [5.74, 6) is -0.234. The molecule has 1 aliphatic heterocycles. The molecule has 1 fully saturated rings. The summed E-state index contributed by atoms with van der Waals surface area (Å²) in [6, 6.07) is 9.80. The van der Waals surface area contributed by atoms with Crippen molar-refractivity contribution in [3.8, 4) is 5.69 Å². The first-order valence-electron chi connectivity index (χ1n) is 7.67. The first kappa shape index (κ1) is 14.8. The van der Waals surface area contributed by atoms with Crippen molar-refractivity contribution in [2.75, 3.05) is 13.2 Å². The van der Waals surface area contributed by atoms with E-state index in [-0.39, 0.29) is 18.5 Å². The third-order valence-corrected chi connectivity index (χ3v) is 3.71. The van der Waals surface area contributed by atoms with E-state index in [4.69, 9.17) is 9.47 Å². The Balaban J connectivity index is 1.50. The topological polar surface area (TPSA) is 53.4 Å². The van der Waals surface area contributed by atoms with Gasteiger partial charge in [0.05, 0.1) is 24.4 Å². The van der Waals surface area contributed by atoms with Crippen molar-refractivity contribution < 1.29 is 14.3 Å². The Bertz CT molecular complexity index is 603. The highest BCUT2D eigenvalue weighted by Gasteiger charge is 2.16. The zero-order chi connectivity index (χ0) is 15.2. The Hall–Kier alpha value is -2.14. The number of benzene rings is 1. The fourth-order valence-corrected chi connectivity index (χ4v) is 2.52. The second-order valence-corrected chi connectivity index (χ2v) is 5.48. The van der Waals surface area contributed by atoms with Gasteiger partial charge in [0.2, 0.25) is 0 Å². The predicted octanol–water partition coefficient (Wildman–Crippen LogP) is 2.53. The minimum Gasteiger partial charge on any atom is -0.463 e. The van der Waals surface area contributed by atoms with E-state index in [1.807, 2.05) is 36.5 Å². The lowest BCUT2D eigenvalue weighted by molar-refractivity contribution is -0.148. The number of carbonyl (C=O) groups is 1. The normalized spacial score (nSPS) is 18.1. The molecule has 0 bridgehead atoms. The summed E-state index contributed by atoms with van der Waals surface area (Å²) in [5, 5.41) is 4.27. The number of esters is 1. The van der Waals surface area contributed by atoms with Gasteiger partial charge in [0.25, 0.3) is 0 Å². The fraction of sp³-hybridized carbons (Fsp3) is 0.412. The highest BCUT2D eigenvalue weighted by molar-refractivity contribution is 5.72. The van der Waals surface area contributed by atoms with E-state index in [2.05, 4.69) is 5.10 Å². The Labute approximate surface area is 129 Å². The van der Waals surface area contributed by atoms with Crippen LogP contribution in [0.2, 0.25) is 0 Å². The van der Waals surface area contributed by atoms with Crippen LogP contribution in [0.15, 0.2) is 42.7 Å². The van der Waals surface area contributed by atoms with Crippen molar-refractivity contribution >= 4 is 5.97 Å². The Morgan fingerprint density at radius 3 is 2.95 bits per heavy atom. The van der Waals surface area contributed by atoms with Crippen LogP contribution in [0.25, 0.3) is 5.69 Å². The average molecular weight is 300 g/mol. The number of ether oxygens (including phenoxy) is 2. The predicted molar refractivity (Wildman–Crippen MR) is 81.8 cm³/mol. The van der Waals surface area contributed by atoms with E-state index < -0.39 is 0 Å². The lowest BCUT2D eigenvalue weighted by atomic mass is 10.1. The van der Waals surface area contributed by atoms with Crippen molar-refractivity contribution in [1.82, 2.24) is 9.78 Å². The Morgan fingerprint density at radius 1 is 1.32 bits per heavy atom. The third kappa shape index (κ3) is 3.95. The maximum absolute atomic E-state index is 11.9. The minimum atomic E-state index is -0.234. The number of hydrogen-bond donors (Lipinski definition) is 0. The van der Waals surface area contributed by atoms with E-state index in [1.165, 1.54) is 0 Å². The second kappa shape index (κ2) is 7.22. The first-order chi connectivity index (χ1) is 10.8. The van der Waals surface area contributed by atoms with Crippen LogP contribution < -0.4 is 0 Å². The molecule has 3 rings (SSSR count). The molecule has 1 saturated heterocycles. The molecule has 5 heteroatoms. The van der Waals surface area contributed by atoms with Crippen molar-refractivity contribution in [2.45, 2.75) is 31.8 Å². The number of hydrogen-bond acceptors (Lipinski definition) is 4. The van der Waals surface area contributed by atoms with E-state index in [0.717, 1.165) is 37.1 Å². The first-order valence-corrected chi connectivity index (χ1v) is 7.67. The number of nitrogens with zero attached hydrogens (tertiary/aromatic N) is 2. The standard InChI is InChI=1S/C17H20N2O3/c20-17(22-13-16-8-4-5-9-21-16)10-14-11-18-19(12-14)15-6-2-1-3-7-15/h1-3,6-7,11-12,16H,4-5,8-10,13H2. The molecule has 2 aromatic rings. The molecule has 0 N–H and O–H groups in total. The number of aromatic nitrogens is 2. The van der Waals surface area contributed by atoms with Gasteiger partial charge in [-0.2, -0.15) is 5.10 Å². The Kier molecular flexibility index (Phi) is 4.85. The minimum absolute atomic E-state index is 0.0599. The van der Waals surface area contributed by atoms with Crippen LogP contribution >= 0.6 is 0 Å². The SMILES string of the molecule is O=C(Cc1cnn(-c2ccccc2)c1)OCC1CCCCO1. The molecule has 1 aromatic carbocycles. The van der Waals surface area contributed by atoms with E-state index in [9.17, 15) is 4.79 Å². The van der Waals surface area contributed by atoms with Crippen LogP contribution in [0, 0.1) is 0 Å². The lowest BCUT2D eigenvalue weighted by Crippen LogP contribution is -2.26. The maximum Gasteiger partial charge on any atom is 0.310 e. The van der Waals surface area contributed by atoms with Gasteiger partial charge in [-0.05, 0) is 31.4 Å². The lowest BCUT2D eigenvalue weighted by Gasteiger charge is -2.21. The molecule has 1 atom stereocenters. The summed E-state index contributed by atoms with van der Waals surface area (Å²) in [5.41, 5.74) is 1.82. The van der Waals surface area contributed by atoms with Crippen molar-refractivity contribution in [1.29, 1.82) is 0 Å². The zero-order valence-electron chi connectivity index (χ0n) is 12.5. The summed E-state index contributed by atoms with van der Waals surface area (Å²) in [6.45, 7) is 1.12. The van der Waals surface area contributed by atoms with Gasteiger partial charge in [-0.3, -0.25) is 4.79 Å². The van der Waals surface area contributed by atoms with E-state index in [0.29, 0.717) is 6.61 Å². The van der Waals surface area contributed by atoms with Gasteiger partial charge in [-0.1, -0.05) is 18.2 Å². The molecule has 0 saturated carbocycles. The molecule has 116 valence electrons. The molecule has 0 spiro atoms. The molecule has 5 nitrogen and oxygen atoms in total. The van der Waals surface area contributed by atoms with Crippen molar-refractivity contribution in [2.24, 2.45) is 0 Å². The molecular weight excluding hydrogens is 280 g/mol. The van der Waals surface area contributed by atoms with Gasteiger partial charge in [-0.25, -0.2) is 4.68 Å². The average Bonchev–Trinajstić information content (AvgIpc) is 3.03. The summed E-state index contributed by atoms with van der Waals surface area (Å²) in [7, 11) is 0. The molecule has 2 heterocycles. The molecule has 1 aromatic heterocycles. The maximum atomic E-state index is 11.9. The highest BCUT2D eigenvalue weighted by atomic mass is 16.6. The van der Waals surface area contributed by atoms with E-state index >= 15 is 0 Å². The molecule has 1 unspecified atom stereocenters. The van der Waals surface area contributed by atoms with Crippen LogP contribution in [-0.2, 0) is 20.7 Å². The fourth-order valence-electron chi connectivity index (χ4n) is 2.52. The second-order valence-electron chi connectivity index (χ2n) is 5.48. The third-order valence-electron chi connectivity index (χ3n) is 3.71. The molecule has 22 heavy (non-hydrogen) atoms. The number of rotatable bonds is 5. The van der Waals surface area contributed by atoms with Crippen LogP contribution in [0.3, 0.4) is 0 Å². The number of para-hydroxylation sites is 1. The monoisotopic (exact) mass is 300 g/mol. The van der Waals surface area contributed by atoms with Gasteiger partial charge >= 0.3 is 5.97 Å². The molecule has 0 amide bonds. The summed E-state index contributed by atoms with van der Waals surface area (Å²) in [6.07, 6.45) is 7.07. The molecule has 0 radical (unpaired) electrons. The smallest absolute Gasteiger partial charge is 0.310 e. The van der Waals surface area contributed by atoms with Gasteiger partial charge in [0, 0.05) is 18.4 Å². The summed E-state index contributed by atoms with van der Waals surface area (Å²) >= 11 is 0. The van der Waals surface area contributed by atoms with Crippen molar-refractivity contribution in [3.05, 3.63) is 48.3 Å². The van der Waals surface area contributed by atoms with Gasteiger partial charge in [0.15, 0.2) is 0 Å². The van der Waals surface area contributed by atoms with Crippen LogP contribution in [0.1, 0.15) is 24.8 Å². The quantitative estimate of drug-likeness (QED) is 0.796. The van der Waals surface area contributed by atoms with Crippen LogP contribution in [-0.4, -0.2) is 35.1 Å². The largest absolute Gasteiger partial charge is 0.463 e. The van der Waals surface area contributed by atoms with Gasteiger partial charge in [0.1, 0.15) is 6.61 Å². The van der Waals surface area contributed by atoms with Gasteiger partial charge < -0.3 is 9.47 Å². The zero-order valence-corrected chi connectivity index (χ0v) is 12.5. The molecule has 1 aliphatic rings. The van der Waals surface area contributed by atoms with Gasteiger partial charge in [-0.15, -0.1) is 0 Å². The molecule has 0 aliphatic carbocycles. The molecular formula is C17H20N2O3. The number of carbonyl (C=O) groups excluding carboxylic acids is 1. The summed E-state index contributed by atoms with van der Waals surface area (Å²) < 4.78 is 12.6.